The van der Waals surface area contributed by atoms with Crippen molar-refractivity contribution in [3.8, 4) is 11.5 Å². The van der Waals surface area contributed by atoms with Gasteiger partial charge in [-0.3, -0.25) is 4.79 Å². The number of amidine groups is 1. The molecule has 0 spiro atoms. The predicted octanol–water partition coefficient (Wildman–Crippen LogP) is 3.04. The van der Waals surface area contributed by atoms with E-state index in [2.05, 4.69) is 14.8 Å². The molecule has 34 heavy (non-hydrogen) atoms. The first kappa shape index (κ1) is 22.4. The maximum atomic E-state index is 12.6. The number of amides is 1. The van der Waals surface area contributed by atoms with E-state index in [1.54, 1.807) is 36.5 Å². The van der Waals surface area contributed by atoms with Crippen LogP contribution in [0.3, 0.4) is 0 Å². The molecule has 9 nitrogen and oxygen atoms in total. The largest absolute Gasteiger partial charge is 0.454 e. The van der Waals surface area contributed by atoms with Crippen molar-refractivity contribution < 1.29 is 22.7 Å². The molecule has 0 saturated heterocycles. The van der Waals surface area contributed by atoms with Gasteiger partial charge in [0.15, 0.2) is 17.3 Å². The molecule has 3 aliphatic rings. The van der Waals surface area contributed by atoms with E-state index < -0.39 is 10.0 Å². The first-order chi connectivity index (χ1) is 16.5. The number of nitrogens with one attached hydrogen (secondary N) is 1. The van der Waals surface area contributed by atoms with Gasteiger partial charge in [0, 0.05) is 18.0 Å². The summed E-state index contributed by atoms with van der Waals surface area (Å²) in [6.45, 7) is 0.353. The first-order valence-corrected chi connectivity index (χ1v) is 12.9. The van der Waals surface area contributed by atoms with E-state index in [0.717, 1.165) is 31.2 Å². The average Bonchev–Trinajstić information content (AvgIpc) is 3.41. The smallest absolute Gasteiger partial charge is 0.285 e. The van der Waals surface area contributed by atoms with Crippen molar-refractivity contribution in [2.24, 2.45) is 9.50 Å². The number of sulfonamides is 1. The Morgan fingerprint density at radius 2 is 1.91 bits per heavy atom. The summed E-state index contributed by atoms with van der Waals surface area (Å²) in [5.74, 6) is 1.41. The highest BCUT2D eigenvalue weighted by Gasteiger charge is 2.32. The summed E-state index contributed by atoms with van der Waals surface area (Å²) in [6.07, 6.45) is 7.21. The van der Waals surface area contributed by atoms with Gasteiger partial charge >= 0.3 is 0 Å². The minimum absolute atomic E-state index is 0.0788. The summed E-state index contributed by atoms with van der Waals surface area (Å²) in [7, 11) is -3.82. The maximum Gasteiger partial charge on any atom is 0.285 e. The van der Waals surface area contributed by atoms with Crippen LogP contribution in [0.1, 0.15) is 49.7 Å². The highest BCUT2D eigenvalue weighted by atomic mass is 32.2. The fourth-order valence-electron chi connectivity index (χ4n) is 4.38. The van der Waals surface area contributed by atoms with Gasteiger partial charge in [-0.15, -0.1) is 4.40 Å². The third-order valence-electron chi connectivity index (χ3n) is 6.12. The molecule has 2 aromatic carbocycles. The Morgan fingerprint density at radius 3 is 2.76 bits per heavy atom. The van der Waals surface area contributed by atoms with Gasteiger partial charge in [0.1, 0.15) is 4.90 Å². The molecule has 1 aliphatic carbocycles. The van der Waals surface area contributed by atoms with E-state index in [0.29, 0.717) is 17.1 Å². The van der Waals surface area contributed by atoms with Gasteiger partial charge in [-0.25, -0.2) is 5.01 Å². The molecule has 0 aromatic heterocycles. The highest BCUT2D eigenvalue weighted by molar-refractivity contribution is 7.90. The Labute approximate surface area is 198 Å². The summed E-state index contributed by atoms with van der Waals surface area (Å²) >= 11 is 0. The fraction of sp³-hybridized carbons (Fsp3) is 0.375. The summed E-state index contributed by atoms with van der Waals surface area (Å²) in [6, 6.07) is 12.3. The topological polar surface area (TPSA) is 110 Å². The number of hydrazone groups is 1. The standard InChI is InChI=1S/C24H26N4O5S/c29-23(26-18-6-2-1-3-7-18)12-13-28(24-19-8-4-5-9-22(19)34(30,31)27-24)25-15-17-10-11-20-21(14-17)33-16-32-20/h4-5,8-11,14-15,18H,1-3,6-7,12-13,16H2,(H,26,29)/b25-15+. The van der Waals surface area contributed by atoms with Crippen LogP contribution >= 0.6 is 0 Å². The SMILES string of the molecule is O=C(CCN(/N=C/c1ccc2c(c1)OCO2)C1=NS(=O)(=O)c2ccccc21)NC1CCCCC1. The number of fused-ring (bicyclic) bond motifs is 2. The molecule has 1 saturated carbocycles. The molecular weight excluding hydrogens is 456 g/mol. The molecule has 0 unspecified atom stereocenters. The molecule has 0 atom stereocenters. The van der Waals surface area contributed by atoms with Crippen molar-refractivity contribution in [2.75, 3.05) is 13.3 Å². The number of rotatable bonds is 6. The molecule has 10 heteroatoms. The molecule has 1 amide bonds. The maximum absolute atomic E-state index is 12.6. The zero-order valence-corrected chi connectivity index (χ0v) is 19.5. The molecule has 1 fully saturated rings. The van der Waals surface area contributed by atoms with Gasteiger partial charge in [0.2, 0.25) is 12.7 Å². The van der Waals surface area contributed by atoms with E-state index in [1.807, 2.05) is 6.07 Å². The van der Waals surface area contributed by atoms with Crippen molar-refractivity contribution >= 4 is 28.0 Å². The second-order valence-electron chi connectivity index (χ2n) is 8.52. The van der Waals surface area contributed by atoms with E-state index in [-0.39, 0.29) is 42.4 Å². The van der Waals surface area contributed by atoms with Gasteiger partial charge in [-0.05, 0) is 48.7 Å². The van der Waals surface area contributed by atoms with Crippen LogP contribution in [0.2, 0.25) is 0 Å². The van der Waals surface area contributed by atoms with Crippen molar-refractivity contribution in [2.45, 2.75) is 49.5 Å². The third-order valence-corrected chi connectivity index (χ3v) is 7.45. The monoisotopic (exact) mass is 482 g/mol. The lowest BCUT2D eigenvalue weighted by atomic mass is 9.95. The van der Waals surface area contributed by atoms with Gasteiger partial charge < -0.3 is 14.8 Å². The molecule has 1 N–H and O–H groups in total. The molecule has 2 aromatic rings. The number of carbonyl (C=O) groups is 1. The molecule has 2 aliphatic heterocycles. The number of hydrogen-bond donors (Lipinski definition) is 1. The van der Waals surface area contributed by atoms with Crippen LogP contribution < -0.4 is 14.8 Å². The van der Waals surface area contributed by atoms with E-state index in [4.69, 9.17) is 9.47 Å². The molecule has 5 rings (SSSR count). The summed E-state index contributed by atoms with van der Waals surface area (Å²) in [5.41, 5.74) is 1.22. The van der Waals surface area contributed by atoms with Gasteiger partial charge in [-0.1, -0.05) is 31.4 Å². The normalized spacial score (nSPS) is 18.5. The van der Waals surface area contributed by atoms with Crippen LogP contribution in [0.25, 0.3) is 0 Å². The van der Waals surface area contributed by atoms with Crippen molar-refractivity contribution in [3.63, 3.8) is 0 Å². The Morgan fingerprint density at radius 1 is 1.12 bits per heavy atom. The van der Waals surface area contributed by atoms with Crippen LogP contribution in [0.5, 0.6) is 11.5 Å². The van der Waals surface area contributed by atoms with Crippen LogP contribution in [-0.4, -0.2) is 50.8 Å². The molecule has 0 bridgehead atoms. The molecular formula is C24H26N4O5S. The van der Waals surface area contributed by atoms with Crippen molar-refractivity contribution in [3.05, 3.63) is 53.6 Å². The summed E-state index contributed by atoms with van der Waals surface area (Å²) in [5, 5.41) is 9.10. The summed E-state index contributed by atoms with van der Waals surface area (Å²) < 4.78 is 39.9. The highest BCUT2D eigenvalue weighted by Crippen LogP contribution is 2.32. The Balaban J connectivity index is 1.37. The number of nitrogens with zero attached hydrogens (tertiary/aromatic N) is 3. The lowest BCUT2D eigenvalue weighted by molar-refractivity contribution is -0.122. The quantitative estimate of drug-likeness (QED) is 0.501. The number of carbonyl (C=O) groups excluding carboxylic acids is 1. The lowest BCUT2D eigenvalue weighted by Crippen LogP contribution is -2.38. The van der Waals surface area contributed by atoms with Gasteiger partial charge in [0.25, 0.3) is 10.0 Å². The van der Waals surface area contributed by atoms with E-state index in [1.165, 1.54) is 17.5 Å². The second kappa shape index (κ2) is 9.46. The fourth-order valence-corrected chi connectivity index (χ4v) is 5.58. The zero-order chi connectivity index (χ0) is 23.5. The zero-order valence-electron chi connectivity index (χ0n) is 18.6. The first-order valence-electron chi connectivity index (χ1n) is 11.4. The van der Waals surface area contributed by atoms with E-state index in [9.17, 15) is 13.2 Å². The van der Waals surface area contributed by atoms with Crippen molar-refractivity contribution in [1.29, 1.82) is 0 Å². The van der Waals surface area contributed by atoms with Crippen LogP contribution in [0.4, 0.5) is 0 Å². The minimum Gasteiger partial charge on any atom is -0.454 e. The lowest BCUT2D eigenvalue weighted by Gasteiger charge is -2.24. The molecule has 0 radical (unpaired) electrons. The minimum atomic E-state index is -3.82. The van der Waals surface area contributed by atoms with Crippen LogP contribution in [-0.2, 0) is 14.8 Å². The average molecular weight is 483 g/mol. The van der Waals surface area contributed by atoms with E-state index >= 15 is 0 Å². The Hall–Kier alpha value is -3.40. The third kappa shape index (κ3) is 4.77. The Bertz CT molecular complexity index is 1250. The van der Waals surface area contributed by atoms with Gasteiger partial charge in [-0.2, -0.15) is 13.5 Å². The number of ether oxygens (including phenoxy) is 2. The number of benzene rings is 2. The van der Waals surface area contributed by atoms with Crippen LogP contribution in [0, 0.1) is 0 Å². The summed E-state index contributed by atoms with van der Waals surface area (Å²) in [4.78, 5) is 12.8. The van der Waals surface area contributed by atoms with Gasteiger partial charge in [0.05, 0.1) is 12.8 Å². The number of hydrogen-bond acceptors (Lipinski definition) is 7. The van der Waals surface area contributed by atoms with Crippen LogP contribution in [0.15, 0.2) is 56.9 Å². The van der Waals surface area contributed by atoms with Crippen molar-refractivity contribution in [1.82, 2.24) is 10.3 Å². The molecule has 178 valence electrons. The Kier molecular flexibility index (Phi) is 6.23. The second-order valence-corrected chi connectivity index (χ2v) is 10.1. The predicted molar refractivity (Wildman–Crippen MR) is 127 cm³/mol. The molecule has 2 heterocycles.